The van der Waals surface area contributed by atoms with Gasteiger partial charge in [0.2, 0.25) is 5.91 Å². The van der Waals surface area contributed by atoms with E-state index in [1.165, 1.54) is 0 Å². The molecule has 1 aliphatic rings. The Hall–Kier alpha value is -1.63. The first-order chi connectivity index (χ1) is 9.34. The number of amides is 1. The van der Waals surface area contributed by atoms with Crippen LogP contribution in [0.15, 0.2) is 36.8 Å². The lowest BCUT2D eigenvalue weighted by molar-refractivity contribution is -0.119. The summed E-state index contributed by atoms with van der Waals surface area (Å²) in [7, 11) is 0. The number of hydrogen-bond donors (Lipinski definition) is 2. The van der Waals surface area contributed by atoms with Crippen molar-refractivity contribution in [3.05, 3.63) is 36.8 Å². The van der Waals surface area contributed by atoms with Crippen LogP contribution < -0.4 is 10.6 Å². The molecule has 114 valence electrons. The molecule has 0 saturated carbocycles. The molecule has 0 aromatic carbocycles. The third-order valence-electron chi connectivity index (χ3n) is 3.20. The Labute approximate surface area is 135 Å². The molecule has 0 radical (unpaired) electrons. The Morgan fingerprint density at radius 1 is 1.33 bits per heavy atom. The first-order valence-corrected chi connectivity index (χ1v) is 6.31. The first-order valence-electron chi connectivity index (χ1n) is 6.31. The number of carbonyl (C=O) groups excluding carboxylic acids is 1. The van der Waals surface area contributed by atoms with Gasteiger partial charge in [0.1, 0.15) is 0 Å². The summed E-state index contributed by atoms with van der Waals surface area (Å²) < 4.78 is 1.64. The van der Waals surface area contributed by atoms with Crippen LogP contribution in [0, 0.1) is 5.92 Å². The van der Waals surface area contributed by atoms with Crippen LogP contribution in [0.4, 0.5) is 5.69 Å². The molecule has 0 bridgehead atoms. The van der Waals surface area contributed by atoms with Crippen LogP contribution in [0.3, 0.4) is 0 Å². The van der Waals surface area contributed by atoms with Crippen molar-refractivity contribution >= 4 is 36.4 Å². The monoisotopic (exact) mass is 329 g/mol. The molecule has 1 fully saturated rings. The first kappa shape index (κ1) is 17.4. The molecule has 6 nitrogen and oxygen atoms in total. The normalized spacial score (nSPS) is 16.7. The molecule has 1 aliphatic heterocycles. The van der Waals surface area contributed by atoms with Crippen LogP contribution in [0.2, 0.25) is 0 Å². The highest BCUT2D eigenvalue weighted by Crippen LogP contribution is 2.18. The Kier molecular flexibility index (Phi) is 6.61. The smallest absolute Gasteiger partial charge is 0.228 e. The number of hydrogen-bond acceptors (Lipinski definition) is 4. The Balaban J connectivity index is 0.00000110. The van der Waals surface area contributed by atoms with Crippen LogP contribution in [0.5, 0.6) is 0 Å². The van der Waals surface area contributed by atoms with E-state index in [2.05, 4.69) is 20.7 Å². The molecule has 0 aliphatic carbocycles. The quantitative estimate of drug-likeness (QED) is 0.898. The molecule has 2 aromatic heterocycles. The van der Waals surface area contributed by atoms with Gasteiger partial charge in [-0.25, -0.2) is 9.67 Å². The summed E-state index contributed by atoms with van der Waals surface area (Å²) in [5, 5.41) is 10.3. The van der Waals surface area contributed by atoms with E-state index in [0.29, 0.717) is 11.5 Å². The molecule has 2 aromatic rings. The number of nitrogens with one attached hydrogen (secondary N) is 2. The minimum Gasteiger partial charge on any atom is -0.323 e. The third-order valence-corrected chi connectivity index (χ3v) is 3.20. The molecule has 8 heteroatoms. The van der Waals surface area contributed by atoms with Crippen molar-refractivity contribution in [1.29, 1.82) is 0 Å². The number of rotatable bonds is 3. The van der Waals surface area contributed by atoms with Crippen molar-refractivity contribution in [3.8, 4) is 5.82 Å². The summed E-state index contributed by atoms with van der Waals surface area (Å²) in [5.41, 5.74) is 0.683. The number of aromatic nitrogens is 3. The van der Waals surface area contributed by atoms with Gasteiger partial charge >= 0.3 is 0 Å². The fourth-order valence-corrected chi connectivity index (χ4v) is 2.18. The molecule has 3 rings (SSSR count). The highest BCUT2D eigenvalue weighted by atomic mass is 35.5. The second-order valence-corrected chi connectivity index (χ2v) is 4.50. The summed E-state index contributed by atoms with van der Waals surface area (Å²) in [6, 6.07) is 5.46. The van der Waals surface area contributed by atoms with Gasteiger partial charge in [-0.3, -0.25) is 4.79 Å². The van der Waals surface area contributed by atoms with Crippen molar-refractivity contribution in [2.45, 2.75) is 6.42 Å². The predicted molar refractivity (Wildman–Crippen MR) is 85.5 cm³/mol. The van der Waals surface area contributed by atoms with Gasteiger partial charge in [0.25, 0.3) is 0 Å². The van der Waals surface area contributed by atoms with Gasteiger partial charge < -0.3 is 10.6 Å². The SMILES string of the molecule is Cl.Cl.O=C(Nc1cccnc1-n1cccn1)C1CCNC1. The molecular formula is C13H17Cl2N5O. The molecule has 2 N–H and O–H groups in total. The van der Waals surface area contributed by atoms with Crippen LogP contribution in [0.1, 0.15) is 6.42 Å². The van der Waals surface area contributed by atoms with Crippen LogP contribution in [-0.2, 0) is 4.79 Å². The Morgan fingerprint density at radius 3 is 2.86 bits per heavy atom. The average Bonchev–Trinajstić information content (AvgIpc) is 3.13. The maximum absolute atomic E-state index is 12.1. The molecule has 1 atom stereocenters. The Morgan fingerprint density at radius 2 is 2.19 bits per heavy atom. The summed E-state index contributed by atoms with van der Waals surface area (Å²) >= 11 is 0. The lowest BCUT2D eigenvalue weighted by Crippen LogP contribution is -2.25. The summed E-state index contributed by atoms with van der Waals surface area (Å²) in [4.78, 5) is 16.4. The molecule has 21 heavy (non-hydrogen) atoms. The van der Waals surface area contributed by atoms with Gasteiger partial charge in [-0.05, 0) is 31.2 Å². The topological polar surface area (TPSA) is 71.8 Å². The van der Waals surface area contributed by atoms with Gasteiger partial charge in [0, 0.05) is 25.1 Å². The number of anilines is 1. The lowest BCUT2D eigenvalue weighted by Gasteiger charge is -2.12. The molecule has 1 amide bonds. The van der Waals surface area contributed by atoms with Gasteiger partial charge in [0.05, 0.1) is 11.6 Å². The number of halogens is 2. The maximum atomic E-state index is 12.1. The second kappa shape index (κ2) is 7.97. The third kappa shape index (κ3) is 3.93. The van der Waals surface area contributed by atoms with E-state index in [0.717, 1.165) is 19.5 Å². The largest absolute Gasteiger partial charge is 0.323 e. The van der Waals surface area contributed by atoms with Gasteiger partial charge in [-0.15, -0.1) is 24.8 Å². The number of nitrogens with zero attached hydrogens (tertiary/aromatic N) is 3. The molecule has 0 spiro atoms. The minimum absolute atomic E-state index is 0. The van der Waals surface area contributed by atoms with E-state index in [4.69, 9.17) is 0 Å². The average molecular weight is 330 g/mol. The van der Waals surface area contributed by atoms with Gasteiger partial charge in [0.15, 0.2) is 5.82 Å². The van der Waals surface area contributed by atoms with Crippen LogP contribution in [0.25, 0.3) is 5.82 Å². The summed E-state index contributed by atoms with van der Waals surface area (Å²) in [6.45, 7) is 1.64. The summed E-state index contributed by atoms with van der Waals surface area (Å²) in [5.74, 6) is 0.698. The van der Waals surface area contributed by atoms with Crippen molar-refractivity contribution in [2.75, 3.05) is 18.4 Å². The van der Waals surface area contributed by atoms with Crippen molar-refractivity contribution in [2.24, 2.45) is 5.92 Å². The highest BCUT2D eigenvalue weighted by Gasteiger charge is 2.23. The standard InChI is InChI=1S/C13H15N5O.2ClH/c19-13(10-4-7-14-9-10)17-11-3-1-5-15-12(11)18-8-2-6-16-18;;/h1-3,5-6,8,10,14H,4,7,9H2,(H,17,19);2*1H. The molecule has 1 unspecified atom stereocenters. The van der Waals surface area contributed by atoms with E-state index in [1.807, 2.05) is 12.1 Å². The molecule has 1 saturated heterocycles. The van der Waals surface area contributed by atoms with Gasteiger partial charge in [-0.2, -0.15) is 5.10 Å². The molecular weight excluding hydrogens is 313 g/mol. The van der Waals surface area contributed by atoms with E-state index in [1.54, 1.807) is 29.3 Å². The Bertz CT molecular complexity index is 570. The van der Waals surface area contributed by atoms with Crippen molar-refractivity contribution in [3.63, 3.8) is 0 Å². The van der Waals surface area contributed by atoms with E-state index in [-0.39, 0.29) is 36.6 Å². The second-order valence-electron chi connectivity index (χ2n) is 4.50. The number of carbonyl (C=O) groups is 1. The zero-order chi connectivity index (χ0) is 13.1. The summed E-state index contributed by atoms with van der Waals surface area (Å²) in [6.07, 6.45) is 6.04. The van der Waals surface area contributed by atoms with E-state index >= 15 is 0 Å². The van der Waals surface area contributed by atoms with Crippen LogP contribution in [-0.4, -0.2) is 33.8 Å². The van der Waals surface area contributed by atoms with E-state index < -0.39 is 0 Å². The fraction of sp³-hybridized carbons (Fsp3) is 0.308. The zero-order valence-corrected chi connectivity index (χ0v) is 12.9. The maximum Gasteiger partial charge on any atom is 0.228 e. The minimum atomic E-state index is 0. The lowest BCUT2D eigenvalue weighted by atomic mass is 10.1. The van der Waals surface area contributed by atoms with E-state index in [9.17, 15) is 4.79 Å². The predicted octanol–water partition coefficient (Wildman–Crippen LogP) is 1.66. The van der Waals surface area contributed by atoms with Crippen LogP contribution >= 0.6 is 24.8 Å². The zero-order valence-electron chi connectivity index (χ0n) is 11.2. The fourth-order valence-electron chi connectivity index (χ4n) is 2.18. The van der Waals surface area contributed by atoms with Crippen molar-refractivity contribution < 1.29 is 4.79 Å². The van der Waals surface area contributed by atoms with Crippen molar-refractivity contribution in [1.82, 2.24) is 20.1 Å². The molecule has 3 heterocycles. The van der Waals surface area contributed by atoms with Gasteiger partial charge in [-0.1, -0.05) is 0 Å². The number of pyridine rings is 1. The highest BCUT2D eigenvalue weighted by molar-refractivity contribution is 5.94.